The summed E-state index contributed by atoms with van der Waals surface area (Å²) in [5.41, 5.74) is -1.86. The van der Waals surface area contributed by atoms with Crippen LogP contribution in [0.25, 0.3) is 0 Å². The first kappa shape index (κ1) is 39.7. The monoisotopic (exact) mass is 707 g/mol. The van der Waals surface area contributed by atoms with Gasteiger partial charge in [0, 0.05) is 24.0 Å². The molecule has 0 radical (unpaired) electrons. The van der Waals surface area contributed by atoms with Gasteiger partial charge in [-0.25, -0.2) is 4.79 Å². The minimum absolute atomic E-state index is 0.0463. The van der Waals surface area contributed by atoms with Gasteiger partial charge in [0.05, 0.1) is 25.2 Å². The molecule has 2 aliphatic heterocycles. The van der Waals surface area contributed by atoms with Gasteiger partial charge in [-0.1, -0.05) is 132 Å². The lowest BCUT2D eigenvalue weighted by Crippen LogP contribution is -2.55. The van der Waals surface area contributed by atoms with E-state index in [1.165, 1.54) is 43.6 Å². The first-order valence-corrected chi connectivity index (χ1v) is 19.0. The highest BCUT2D eigenvalue weighted by Gasteiger charge is 2.59. The van der Waals surface area contributed by atoms with Gasteiger partial charge in [-0.15, -0.1) is 0 Å². The predicted molar refractivity (Wildman–Crippen MR) is 199 cm³/mol. The average Bonchev–Trinajstić information content (AvgIpc) is 3.71. The molecule has 4 rings (SSSR count). The maximum Gasteiger partial charge on any atom is 0.336 e. The summed E-state index contributed by atoms with van der Waals surface area (Å²) >= 11 is 5.76. The molecule has 2 aromatic carbocycles. The number of aliphatic hydroxyl groups is 1. The number of nitrogens with zero attached hydrogens (tertiary/aromatic N) is 1. The van der Waals surface area contributed by atoms with E-state index < -0.39 is 40.8 Å². The van der Waals surface area contributed by atoms with E-state index in [-0.39, 0.29) is 11.1 Å². The van der Waals surface area contributed by atoms with Crippen molar-refractivity contribution in [2.75, 3.05) is 13.2 Å². The van der Waals surface area contributed by atoms with Crippen molar-refractivity contribution in [3.05, 3.63) is 83.9 Å². The first-order valence-electron chi connectivity index (χ1n) is 18.6. The number of unbranched alkanes of at least 4 members (excludes halogenated alkanes) is 8. The number of hydrogen-bond donors (Lipinski definition) is 2. The molecule has 0 aromatic heterocycles. The van der Waals surface area contributed by atoms with Crippen LogP contribution in [0.15, 0.2) is 72.8 Å². The second-order valence-corrected chi connectivity index (χ2v) is 14.7. The molecule has 2 aliphatic rings. The molecule has 0 aliphatic carbocycles. The normalized spacial score (nSPS) is 20.2. The molecule has 2 saturated heterocycles. The van der Waals surface area contributed by atoms with E-state index in [0.29, 0.717) is 19.6 Å². The number of ether oxygens (including phenoxy) is 3. The molecule has 0 saturated carbocycles. The lowest BCUT2D eigenvalue weighted by molar-refractivity contribution is -0.168. The summed E-state index contributed by atoms with van der Waals surface area (Å²) in [6.07, 6.45) is 15.8. The summed E-state index contributed by atoms with van der Waals surface area (Å²) in [4.78, 5) is 28.3. The Bertz CT molecular complexity index is 1370. The van der Waals surface area contributed by atoms with Crippen LogP contribution in [-0.2, 0) is 29.4 Å². The van der Waals surface area contributed by atoms with Gasteiger partial charge in [-0.3, -0.25) is 9.69 Å². The Labute approximate surface area is 304 Å². The summed E-state index contributed by atoms with van der Waals surface area (Å²) < 4.78 is 18.7. The average molecular weight is 708 g/mol. The molecule has 9 heteroatoms. The zero-order valence-corrected chi connectivity index (χ0v) is 31.2. The number of aliphatic carboxylic acids is 1. The first-order chi connectivity index (χ1) is 24.0. The molecule has 2 aromatic rings. The Morgan fingerprint density at radius 2 is 1.42 bits per heavy atom. The molecule has 0 spiro atoms. The fraction of sp³-hybridized carbons (Fsp3) is 0.585. The minimum Gasteiger partial charge on any atom is -0.479 e. The van der Waals surface area contributed by atoms with Crippen LogP contribution in [0.3, 0.4) is 0 Å². The number of carbonyl (C=O) groups is 2. The van der Waals surface area contributed by atoms with Crippen molar-refractivity contribution in [1.29, 1.82) is 0 Å². The van der Waals surface area contributed by atoms with Crippen LogP contribution >= 0.6 is 12.2 Å². The van der Waals surface area contributed by atoms with Crippen molar-refractivity contribution >= 4 is 29.3 Å². The smallest absolute Gasteiger partial charge is 0.336 e. The van der Waals surface area contributed by atoms with Crippen LogP contribution in [0.1, 0.15) is 116 Å². The standard InChI is InChI=1S/C41H57NO7S/c1-5-6-7-11-20-27-40(47-29-30-48-40)28-21-12-9-8-10-19-26-34(39(4,46)37(44)45)36(43)42-35(31(2)3)41(49-38(42)50,32-22-15-13-16-23-32)33-24-17-14-18-25-33/h13-19,22-26,31,34-35,46H,5-12,20-21,27-30H2,1-4H3,(H,44,45)/b26-19+/t34?,35-,39?/m0/s1. The van der Waals surface area contributed by atoms with Crippen molar-refractivity contribution < 1.29 is 34.0 Å². The highest BCUT2D eigenvalue weighted by atomic mass is 32.1. The summed E-state index contributed by atoms with van der Waals surface area (Å²) in [7, 11) is 0. The third-order valence-corrected chi connectivity index (χ3v) is 10.5. The van der Waals surface area contributed by atoms with Gasteiger partial charge in [0.25, 0.3) is 5.17 Å². The third kappa shape index (κ3) is 9.21. The maximum absolute atomic E-state index is 14.5. The molecule has 0 bridgehead atoms. The van der Waals surface area contributed by atoms with Crippen molar-refractivity contribution in [3.63, 3.8) is 0 Å². The third-order valence-electron chi connectivity index (χ3n) is 10.2. The number of carboxylic acid groups (broad SMARTS) is 1. The number of hydrogen-bond acceptors (Lipinski definition) is 7. The number of allylic oxidation sites excluding steroid dienone is 1. The second-order valence-electron chi connectivity index (χ2n) is 14.3. The van der Waals surface area contributed by atoms with Gasteiger partial charge in [0.15, 0.2) is 17.0 Å². The fourth-order valence-electron chi connectivity index (χ4n) is 7.48. The Hall–Kier alpha value is -3.11. The number of amides is 1. The largest absolute Gasteiger partial charge is 0.479 e. The van der Waals surface area contributed by atoms with Crippen molar-refractivity contribution in [2.45, 2.75) is 128 Å². The molecular weight excluding hydrogens is 651 g/mol. The molecule has 2 unspecified atom stereocenters. The van der Waals surface area contributed by atoms with E-state index in [1.54, 1.807) is 0 Å². The molecule has 3 atom stereocenters. The van der Waals surface area contributed by atoms with Gasteiger partial charge < -0.3 is 24.4 Å². The Balaban J connectivity index is 1.44. The Kier molecular flexibility index (Phi) is 14.6. The van der Waals surface area contributed by atoms with E-state index in [2.05, 4.69) is 6.92 Å². The number of carbonyl (C=O) groups excluding carboxylic acids is 1. The van der Waals surface area contributed by atoms with E-state index in [0.717, 1.165) is 56.1 Å². The van der Waals surface area contributed by atoms with Crippen LogP contribution in [0, 0.1) is 11.8 Å². The molecular formula is C41H57NO7S. The highest BCUT2D eigenvalue weighted by molar-refractivity contribution is 7.80. The zero-order valence-electron chi connectivity index (χ0n) is 30.4. The van der Waals surface area contributed by atoms with Crippen molar-refractivity contribution in [1.82, 2.24) is 4.90 Å². The molecule has 50 heavy (non-hydrogen) atoms. The van der Waals surface area contributed by atoms with E-state index in [1.807, 2.05) is 80.6 Å². The van der Waals surface area contributed by atoms with Crippen LogP contribution in [0.5, 0.6) is 0 Å². The van der Waals surface area contributed by atoms with E-state index in [9.17, 15) is 19.8 Å². The number of rotatable bonds is 20. The van der Waals surface area contributed by atoms with Gasteiger partial charge in [-0.05, 0) is 50.7 Å². The van der Waals surface area contributed by atoms with E-state index in [4.69, 9.17) is 26.4 Å². The van der Waals surface area contributed by atoms with Crippen LogP contribution in [-0.4, -0.2) is 62.8 Å². The molecule has 2 fully saturated rings. The Morgan fingerprint density at radius 1 is 0.900 bits per heavy atom. The van der Waals surface area contributed by atoms with Crippen molar-refractivity contribution in [2.24, 2.45) is 11.8 Å². The molecule has 8 nitrogen and oxygen atoms in total. The SMILES string of the molecule is CCCCCCCC1(CCCCCC/C=C/C(C(=O)N2C(=S)OC(c3ccccc3)(c3ccccc3)[C@@H]2C(C)C)C(C)(O)C(=O)O)OCCO1. The fourth-order valence-corrected chi connectivity index (χ4v) is 7.81. The van der Waals surface area contributed by atoms with Gasteiger partial charge in [0.2, 0.25) is 5.91 Å². The Morgan fingerprint density at radius 3 is 1.92 bits per heavy atom. The second kappa shape index (κ2) is 18.4. The van der Waals surface area contributed by atoms with Crippen LogP contribution < -0.4 is 0 Å². The molecule has 2 N–H and O–H groups in total. The topological polar surface area (TPSA) is 106 Å². The van der Waals surface area contributed by atoms with E-state index >= 15 is 0 Å². The van der Waals surface area contributed by atoms with Crippen LogP contribution in [0.2, 0.25) is 0 Å². The quantitative estimate of drug-likeness (QED) is 0.0802. The van der Waals surface area contributed by atoms with Gasteiger partial charge >= 0.3 is 5.97 Å². The van der Waals surface area contributed by atoms with Gasteiger partial charge in [0.1, 0.15) is 0 Å². The number of carboxylic acids is 1. The van der Waals surface area contributed by atoms with Crippen molar-refractivity contribution in [3.8, 4) is 0 Å². The van der Waals surface area contributed by atoms with Crippen LogP contribution in [0.4, 0.5) is 0 Å². The van der Waals surface area contributed by atoms with Gasteiger partial charge in [-0.2, -0.15) is 0 Å². The number of thiocarbonyl (C=S) groups is 1. The molecule has 274 valence electrons. The molecule has 2 heterocycles. The zero-order chi connectivity index (χ0) is 36.2. The summed E-state index contributed by atoms with van der Waals surface area (Å²) in [6.45, 7) is 8.69. The summed E-state index contributed by atoms with van der Waals surface area (Å²) in [5, 5.41) is 21.3. The number of benzene rings is 2. The summed E-state index contributed by atoms with van der Waals surface area (Å²) in [5.74, 6) is -4.07. The lowest BCUT2D eigenvalue weighted by atomic mass is 9.75. The molecule has 1 amide bonds. The maximum atomic E-state index is 14.5. The minimum atomic E-state index is -2.37. The lowest BCUT2D eigenvalue weighted by Gasteiger charge is -2.39. The highest BCUT2D eigenvalue weighted by Crippen LogP contribution is 2.48. The summed E-state index contributed by atoms with van der Waals surface area (Å²) in [6, 6.07) is 18.7. The predicted octanol–water partition coefficient (Wildman–Crippen LogP) is 8.55.